The summed E-state index contributed by atoms with van der Waals surface area (Å²) in [4.78, 5) is 12.4. The normalized spacial score (nSPS) is 11.8. The van der Waals surface area contributed by atoms with E-state index < -0.39 is 6.10 Å². The second-order valence-electron chi connectivity index (χ2n) is 5.08. The quantitative estimate of drug-likeness (QED) is 0.897. The van der Waals surface area contributed by atoms with Crippen molar-refractivity contribution in [2.75, 3.05) is 5.32 Å². The van der Waals surface area contributed by atoms with Gasteiger partial charge in [-0.25, -0.2) is 0 Å². The number of anilines is 1. The van der Waals surface area contributed by atoms with Crippen molar-refractivity contribution in [2.24, 2.45) is 0 Å². The second-order valence-corrected chi connectivity index (χ2v) is 5.08. The van der Waals surface area contributed by atoms with Crippen molar-refractivity contribution in [2.45, 2.75) is 33.3 Å². The third-order valence-corrected chi connectivity index (χ3v) is 3.43. The molecule has 2 aromatic rings. The van der Waals surface area contributed by atoms with Crippen LogP contribution in [-0.2, 0) is 4.79 Å². The van der Waals surface area contributed by atoms with Gasteiger partial charge in [-0.15, -0.1) is 0 Å². The van der Waals surface area contributed by atoms with Gasteiger partial charge in [0, 0.05) is 5.69 Å². The predicted molar refractivity (Wildman–Crippen MR) is 85.7 cm³/mol. The Hall–Kier alpha value is -2.29. The highest BCUT2D eigenvalue weighted by molar-refractivity contribution is 5.95. The Labute approximate surface area is 126 Å². The van der Waals surface area contributed by atoms with Crippen LogP contribution in [0, 0.1) is 13.8 Å². The number of nitrogens with one attached hydrogen (secondary N) is 1. The molecule has 0 bridgehead atoms. The van der Waals surface area contributed by atoms with Gasteiger partial charge in [0.2, 0.25) is 0 Å². The van der Waals surface area contributed by atoms with E-state index in [9.17, 15) is 4.79 Å². The molecule has 110 valence electrons. The molecule has 0 saturated heterocycles. The molecule has 1 amide bonds. The maximum atomic E-state index is 12.4. The molecule has 21 heavy (non-hydrogen) atoms. The van der Waals surface area contributed by atoms with Gasteiger partial charge in [0.15, 0.2) is 6.10 Å². The first-order chi connectivity index (χ1) is 10.1. The lowest BCUT2D eigenvalue weighted by molar-refractivity contribution is -0.122. The molecule has 3 nitrogen and oxygen atoms in total. The van der Waals surface area contributed by atoms with E-state index in [1.165, 1.54) is 0 Å². The largest absolute Gasteiger partial charge is 0.480 e. The van der Waals surface area contributed by atoms with Gasteiger partial charge >= 0.3 is 0 Å². The van der Waals surface area contributed by atoms with Crippen LogP contribution in [0.2, 0.25) is 0 Å². The van der Waals surface area contributed by atoms with Crippen LogP contribution in [-0.4, -0.2) is 12.0 Å². The number of ether oxygens (including phenoxy) is 1. The Balaban J connectivity index is 2.09. The number of para-hydroxylation sites is 2. The van der Waals surface area contributed by atoms with E-state index in [-0.39, 0.29) is 5.91 Å². The van der Waals surface area contributed by atoms with E-state index in [2.05, 4.69) is 5.32 Å². The molecule has 1 atom stereocenters. The molecule has 0 fully saturated rings. The third-order valence-electron chi connectivity index (χ3n) is 3.43. The van der Waals surface area contributed by atoms with Crippen LogP contribution < -0.4 is 10.1 Å². The topological polar surface area (TPSA) is 38.3 Å². The molecule has 0 aliphatic heterocycles. The van der Waals surface area contributed by atoms with Gasteiger partial charge in [-0.3, -0.25) is 4.79 Å². The molecule has 0 aliphatic carbocycles. The minimum atomic E-state index is -0.495. The van der Waals surface area contributed by atoms with Crippen molar-refractivity contribution < 1.29 is 9.53 Å². The van der Waals surface area contributed by atoms with Crippen LogP contribution in [0.25, 0.3) is 0 Å². The minimum absolute atomic E-state index is 0.116. The van der Waals surface area contributed by atoms with Crippen molar-refractivity contribution in [3.8, 4) is 5.75 Å². The van der Waals surface area contributed by atoms with Crippen LogP contribution in [0.5, 0.6) is 5.75 Å². The summed E-state index contributed by atoms with van der Waals surface area (Å²) in [5.41, 5.74) is 2.89. The van der Waals surface area contributed by atoms with Gasteiger partial charge in [0.25, 0.3) is 5.91 Å². The monoisotopic (exact) mass is 283 g/mol. The van der Waals surface area contributed by atoms with Gasteiger partial charge in [-0.05, 0) is 43.5 Å². The van der Waals surface area contributed by atoms with Crippen LogP contribution >= 0.6 is 0 Å². The summed E-state index contributed by atoms with van der Waals surface area (Å²) in [5, 5.41) is 2.94. The molecular formula is C18H21NO2. The molecule has 0 aromatic heterocycles. The molecular weight excluding hydrogens is 262 g/mol. The first-order valence-corrected chi connectivity index (χ1v) is 7.20. The number of benzene rings is 2. The molecule has 1 N–H and O–H groups in total. The van der Waals surface area contributed by atoms with Gasteiger partial charge < -0.3 is 10.1 Å². The number of aryl methyl sites for hydroxylation is 2. The SMILES string of the molecule is CCC(Oc1ccccc1C)C(=O)Nc1ccccc1C. The number of carbonyl (C=O) groups excluding carboxylic acids is 1. The summed E-state index contributed by atoms with van der Waals surface area (Å²) in [6.45, 7) is 5.89. The van der Waals surface area contributed by atoms with E-state index in [0.717, 1.165) is 22.6 Å². The van der Waals surface area contributed by atoms with Crippen LogP contribution in [0.3, 0.4) is 0 Å². The number of hydrogen-bond donors (Lipinski definition) is 1. The Morgan fingerprint density at radius 1 is 1.05 bits per heavy atom. The zero-order valence-corrected chi connectivity index (χ0v) is 12.7. The van der Waals surface area contributed by atoms with Crippen LogP contribution in [0.1, 0.15) is 24.5 Å². The van der Waals surface area contributed by atoms with Crippen LogP contribution in [0.15, 0.2) is 48.5 Å². The maximum absolute atomic E-state index is 12.4. The lowest BCUT2D eigenvalue weighted by Gasteiger charge is -2.19. The van der Waals surface area contributed by atoms with E-state index in [1.54, 1.807) is 0 Å². The molecule has 3 heteroatoms. The molecule has 2 aromatic carbocycles. The van der Waals surface area contributed by atoms with E-state index in [1.807, 2.05) is 69.3 Å². The maximum Gasteiger partial charge on any atom is 0.265 e. The van der Waals surface area contributed by atoms with Crippen molar-refractivity contribution in [1.82, 2.24) is 0 Å². The molecule has 0 spiro atoms. The van der Waals surface area contributed by atoms with E-state index in [0.29, 0.717) is 6.42 Å². The van der Waals surface area contributed by atoms with Crippen molar-refractivity contribution in [3.63, 3.8) is 0 Å². The van der Waals surface area contributed by atoms with E-state index in [4.69, 9.17) is 4.74 Å². The first kappa shape index (κ1) is 15.1. The fraction of sp³-hybridized carbons (Fsp3) is 0.278. The van der Waals surface area contributed by atoms with Gasteiger partial charge in [-0.1, -0.05) is 43.3 Å². The molecule has 0 radical (unpaired) electrons. The number of hydrogen-bond acceptors (Lipinski definition) is 2. The first-order valence-electron chi connectivity index (χ1n) is 7.20. The molecule has 0 aliphatic rings. The molecule has 2 rings (SSSR count). The molecule has 0 saturated carbocycles. The Morgan fingerprint density at radius 2 is 1.67 bits per heavy atom. The summed E-state index contributed by atoms with van der Waals surface area (Å²) in [6, 6.07) is 15.5. The Bertz CT molecular complexity index is 622. The smallest absolute Gasteiger partial charge is 0.265 e. The molecule has 1 unspecified atom stereocenters. The van der Waals surface area contributed by atoms with Crippen molar-refractivity contribution in [3.05, 3.63) is 59.7 Å². The lowest BCUT2D eigenvalue weighted by atomic mass is 10.1. The van der Waals surface area contributed by atoms with E-state index >= 15 is 0 Å². The second kappa shape index (κ2) is 6.93. The van der Waals surface area contributed by atoms with Crippen molar-refractivity contribution >= 4 is 11.6 Å². The lowest BCUT2D eigenvalue weighted by Crippen LogP contribution is -2.32. The summed E-state index contributed by atoms with van der Waals surface area (Å²) in [6.07, 6.45) is 0.122. The van der Waals surface area contributed by atoms with Gasteiger partial charge in [0.1, 0.15) is 5.75 Å². The number of carbonyl (C=O) groups is 1. The standard InChI is InChI=1S/C18H21NO2/c1-4-16(21-17-12-8-6-10-14(17)3)18(20)19-15-11-7-5-9-13(15)2/h5-12,16H,4H2,1-3H3,(H,19,20). The highest BCUT2D eigenvalue weighted by Crippen LogP contribution is 2.20. The summed E-state index contributed by atoms with van der Waals surface area (Å²) < 4.78 is 5.86. The number of rotatable bonds is 5. The van der Waals surface area contributed by atoms with Crippen molar-refractivity contribution in [1.29, 1.82) is 0 Å². The fourth-order valence-corrected chi connectivity index (χ4v) is 2.09. The summed E-state index contributed by atoms with van der Waals surface area (Å²) >= 11 is 0. The molecule has 0 heterocycles. The van der Waals surface area contributed by atoms with Gasteiger partial charge in [-0.2, -0.15) is 0 Å². The predicted octanol–water partition coefficient (Wildman–Crippen LogP) is 4.10. The highest BCUT2D eigenvalue weighted by Gasteiger charge is 2.19. The average Bonchev–Trinajstić information content (AvgIpc) is 2.48. The Morgan fingerprint density at radius 3 is 2.29 bits per heavy atom. The summed E-state index contributed by atoms with van der Waals surface area (Å²) in [5.74, 6) is 0.638. The highest BCUT2D eigenvalue weighted by atomic mass is 16.5. The van der Waals surface area contributed by atoms with Crippen LogP contribution in [0.4, 0.5) is 5.69 Å². The van der Waals surface area contributed by atoms with Gasteiger partial charge in [0.05, 0.1) is 0 Å². The average molecular weight is 283 g/mol. The fourth-order valence-electron chi connectivity index (χ4n) is 2.09. The third kappa shape index (κ3) is 3.85. The zero-order valence-electron chi connectivity index (χ0n) is 12.7. The zero-order chi connectivity index (χ0) is 15.2. The number of amides is 1. The summed E-state index contributed by atoms with van der Waals surface area (Å²) in [7, 11) is 0. The Kier molecular flexibility index (Phi) is 4.99. The minimum Gasteiger partial charge on any atom is -0.480 e.